The molecule has 0 saturated carbocycles. The van der Waals surface area contributed by atoms with Crippen LogP contribution in [0.2, 0.25) is 0 Å². The van der Waals surface area contributed by atoms with Gasteiger partial charge < -0.3 is 5.32 Å². The minimum absolute atomic E-state index is 0.0447. The number of nitrogens with zero attached hydrogens (tertiary/aromatic N) is 2. The molecule has 1 heterocycles. The summed E-state index contributed by atoms with van der Waals surface area (Å²) < 4.78 is 28.4. The van der Waals surface area contributed by atoms with Crippen LogP contribution < -0.4 is 10.0 Å². The second-order valence-corrected chi connectivity index (χ2v) is 6.76. The minimum Gasteiger partial charge on any atom is -0.314 e. The molecular weight excluding hydrogens is 352 g/mol. The van der Waals surface area contributed by atoms with Crippen molar-refractivity contribution in [2.45, 2.75) is 0 Å². The highest BCUT2D eigenvalue weighted by atomic mass is 79.9. The van der Waals surface area contributed by atoms with Gasteiger partial charge in [-0.3, -0.25) is 14.8 Å². The van der Waals surface area contributed by atoms with Crippen LogP contribution in [-0.2, 0) is 10.2 Å². The second kappa shape index (κ2) is 6.04. The van der Waals surface area contributed by atoms with Crippen molar-refractivity contribution in [3.63, 3.8) is 0 Å². The SMILES string of the molecule is O=[N+]([O-])c1cc(Br)ccc1NS(=O)(=O)N1CCNCC1. The number of nitro benzene ring substituents is 1. The smallest absolute Gasteiger partial charge is 0.301 e. The Morgan fingerprint density at radius 3 is 2.60 bits per heavy atom. The van der Waals surface area contributed by atoms with E-state index in [0.29, 0.717) is 30.7 Å². The summed E-state index contributed by atoms with van der Waals surface area (Å²) in [6, 6.07) is 4.17. The molecule has 0 unspecified atom stereocenters. The maximum atomic E-state index is 12.2. The predicted molar refractivity (Wildman–Crippen MR) is 77.8 cm³/mol. The van der Waals surface area contributed by atoms with E-state index in [9.17, 15) is 18.5 Å². The zero-order chi connectivity index (χ0) is 14.8. The highest BCUT2D eigenvalue weighted by Gasteiger charge is 2.26. The lowest BCUT2D eigenvalue weighted by molar-refractivity contribution is -0.384. The first-order valence-corrected chi connectivity index (χ1v) is 8.06. The fourth-order valence-corrected chi connectivity index (χ4v) is 3.42. The molecule has 0 amide bonds. The molecule has 1 aliphatic rings. The normalized spacial score (nSPS) is 16.9. The summed E-state index contributed by atoms with van der Waals surface area (Å²) in [4.78, 5) is 10.3. The number of halogens is 1. The van der Waals surface area contributed by atoms with Gasteiger partial charge in [0.2, 0.25) is 0 Å². The van der Waals surface area contributed by atoms with Gasteiger partial charge >= 0.3 is 10.2 Å². The molecule has 0 radical (unpaired) electrons. The largest absolute Gasteiger partial charge is 0.314 e. The van der Waals surface area contributed by atoms with Gasteiger partial charge in [0.05, 0.1) is 4.92 Å². The molecule has 2 rings (SSSR count). The van der Waals surface area contributed by atoms with Crippen molar-refractivity contribution in [1.29, 1.82) is 0 Å². The molecule has 1 saturated heterocycles. The van der Waals surface area contributed by atoms with E-state index in [1.165, 1.54) is 16.4 Å². The van der Waals surface area contributed by atoms with Gasteiger partial charge in [0.1, 0.15) is 5.69 Å². The van der Waals surface area contributed by atoms with Crippen molar-refractivity contribution in [3.05, 3.63) is 32.8 Å². The van der Waals surface area contributed by atoms with E-state index in [2.05, 4.69) is 26.0 Å². The average Bonchev–Trinajstić information content (AvgIpc) is 2.41. The lowest BCUT2D eigenvalue weighted by Crippen LogP contribution is -2.48. The Labute approximate surface area is 124 Å². The summed E-state index contributed by atoms with van der Waals surface area (Å²) in [6.45, 7) is 1.78. The van der Waals surface area contributed by atoms with Gasteiger partial charge in [0.15, 0.2) is 0 Å². The van der Waals surface area contributed by atoms with Crippen LogP contribution in [0.25, 0.3) is 0 Å². The standard InChI is InChI=1S/C10H13BrN4O4S/c11-8-1-2-9(10(7-8)15(16)17)13-20(18,19)14-5-3-12-4-6-14/h1-2,7,12-13H,3-6H2. The third kappa shape index (κ3) is 3.45. The summed E-state index contributed by atoms with van der Waals surface area (Å²) in [5.41, 5.74) is -0.338. The van der Waals surface area contributed by atoms with Crippen LogP contribution >= 0.6 is 15.9 Å². The van der Waals surface area contributed by atoms with E-state index in [1.807, 2.05) is 0 Å². The van der Waals surface area contributed by atoms with Crippen molar-refractivity contribution in [1.82, 2.24) is 9.62 Å². The van der Waals surface area contributed by atoms with Gasteiger partial charge in [-0.15, -0.1) is 0 Å². The molecule has 2 N–H and O–H groups in total. The van der Waals surface area contributed by atoms with Crippen LogP contribution in [0.5, 0.6) is 0 Å². The van der Waals surface area contributed by atoms with Gasteiger partial charge in [-0.25, -0.2) is 0 Å². The summed E-state index contributed by atoms with van der Waals surface area (Å²) >= 11 is 3.12. The lowest BCUT2D eigenvalue weighted by Gasteiger charge is -2.26. The molecule has 0 bridgehead atoms. The third-order valence-corrected chi connectivity index (χ3v) is 4.83. The van der Waals surface area contributed by atoms with E-state index in [1.54, 1.807) is 6.07 Å². The molecule has 0 aliphatic carbocycles. The molecule has 8 nitrogen and oxygen atoms in total. The highest BCUT2D eigenvalue weighted by molar-refractivity contribution is 9.10. The summed E-state index contributed by atoms with van der Waals surface area (Å²) in [5, 5.41) is 14.0. The van der Waals surface area contributed by atoms with Gasteiger partial charge in [-0.05, 0) is 12.1 Å². The number of piperazine rings is 1. The highest BCUT2D eigenvalue weighted by Crippen LogP contribution is 2.29. The van der Waals surface area contributed by atoms with Crippen molar-refractivity contribution in [2.75, 3.05) is 30.9 Å². The Morgan fingerprint density at radius 1 is 1.35 bits per heavy atom. The third-order valence-electron chi connectivity index (χ3n) is 2.81. The number of rotatable bonds is 4. The fraction of sp³-hybridized carbons (Fsp3) is 0.400. The molecule has 20 heavy (non-hydrogen) atoms. The molecular formula is C10H13BrN4O4S. The first kappa shape index (κ1) is 15.2. The second-order valence-electron chi connectivity index (χ2n) is 4.17. The zero-order valence-electron chi connectivity index (χ0n) is 10.4. The summed E-state index contributed by atoms with van der Waals surface area (Å²) in [7, 11) is -3.78. The number of hydrogen-bond donors (Lipinski definition) is 2. The van der Waals surface area contributed by atoms with Crippen molar-refractivity contribution < 1.29 is 13.3 Å². The van der Waals surface area contributed by atoms with E-state index in [0.717, 1.165) is 0 Å². The Kier molecular flexibility index (Phi) is 4.58. The summed E-state index contributed by atoms with van der Waals surface area (Å²) in [5.74, 6) is 0. The van der Waals surface area contributed by atoms with Crippen LogP contribution in [-0.4, -0.2) is 43.8 Å². The van der Waals surface area contributed by atoms with Crippen LogP contribution in [0.1, 0.15) is 0 Å². The van der Waals surface area contributed by atoms with Crippen LogP contribution in [0.4, 0.5) is 11.4 Å². The number of nitro groups is 1. The van der Waals surface area contributed by atoms with E-state index in [-0.39, 0.29) is 11.4 Å². The van der Waals surface area contributed by atoms with E-state index >= 15 is 0 Å². The van der Waals surface area contributed by atoms with Crippen molar-refractivity contribution >= 4 is 37.5 Å². The van der Waals surface area contributed by atoms with Gasteiger partial charge in [0.25, 0.3) is 5.69 Å². The number of nitrogens with one attached hydrogen (secondary N) is 2. The maximum Gasteiger partial charge on any atom is 0.301 e. The Bertz CT molecular complexity index is 616. The lowest BCUT2D eigenvalue weighted by atomic mass is 10.3. The average molecular weight is 365 g/mol. The molecule has 110 valence electrons. The first-order chi connectivity index (χ1) is 9.40. The monoisotopic (exact) mass is 364 g/mol. The number of anilines is 1. The molecule has 0 aromatic heterocycles. The quantitative estimate of drug-likeness (QED) is 0.610. The number of hydrogen-bond acceptors (Lipinski definition) is 5. The van der Waals surface area contributed by atoms with Crippen molar-refractivity contribution in [3.8, 4) is 0 Å². The number of benzene rings is 1. The predicted octanol–water partition coefficient (Wildman–Crippen LogP) is 0.919. The maximum absolute atomic E-state index is 12.2. The van der Waals surface area contributed by atoms with Gasteiger partial charge in [0, 0.05) is 36.7 Å². The Balaban J connectivity index is 2.27. The van der Waals surface area contributed by atoms with Crippen LogP contribution in [0.15, 0.2) is 22.7 Å². The first-order valence-electron chi connectivity index (χ1n) is 5.83. The molecule has 1 aromatic rings. The van der Waals surface area contributed by atoms with Crippen LogP contribution in [0, 0.1) is 10.1 Å². The molecule has 1 fully saturated rings. The summed E-state index contributed by atoms with van der Waals surface area (Å²) in [6.07, 6.45) is 0. The van der Waals surface area contributed by atoms with E-state index < -0.39 is 15.1 Å². The molecule has 1 aromatic carbocycles. The Morgan fingerprint density at radius 2 is 2.00 bits per heavy atom. The van der Waals surface area contributed by atoms with Crippen LogP contribution in [0.3, 0.4) is 0 Å². The molecule has 0 spiro atoms. The van der Waals surface area contributed by atoms with Gasteiger partial charge in [-0.1, -0.05) is 15.9 Å². The minimum atomic E-state index is -3.78. The molecule has 0 atom stereocenters. The van der Waals surface area contributed by atoms with Gasteiger partial charge in [-0.2, -0.15) is 12.7 Å². The fourth-order valence-electron chi connectivity index (χ4n) is 1.83. The van der Waals surface area contributed by atoms with E-state index in [4.69, 9.17) is 0 Å². The zero-order valence-corrected chi connectivity index (χ0v) is 12.8. The Hall–Kier alpha value is -1.23. The molecule has 10 heteroatoms. The topological polar surface area (TPSA) is 105 Å². The van der Waals surface area contributed by atoms with Crippen molar-refractivity contribution in [2.24, 2.45) is 0 Å². The molecule has 1 aliphatic heterocycles.